The number of nitrogens with one attached hydrogen (secondary N) is 1. The van der Waals surface area contributed by atoms with Gasteiger partial charge in [-0.1, -0.05) is 11.8 Å². The van der Waals surface area contributed by atoms with Gasteiger partial charge in [-0.25, -0.2) is 0 Å². The second kappa shape index (κ2) is 7.90. The molecule has 0 bridgehead atoms. The first kappa shape index (κ1) is 17.7. The Bertz CT molecular complexity index is 1010. The van der Waals surface area contributed by atoms with Crippen LogP contribution in [-0.2, 0) is 17.6 Å². The summed E-state index contributed by atoms with van der Waals surface area (Å²) in [7, 11) is 0. The van der Waals surface area contributed by atoms with Gasteiger partial charge in [0.15, 0.2) is 0 Å². The van der Waals surface area contributed by atoms with Crippen LogP contribution in [0.2, 0.25) is 0 Å². The van der Waals surface area contributed by atoms with Crippen molar-refractivity contribution < 1.29 is 9.21 Å². The second-order valence-electron chi connectivity index (χ2n) is 5.97. The van der Waals surface area contributed by atoms with Gasteiger partial charge in [-0.05, 0) is 43.4 Å². The molecule has 1 aliphatic carbocycles. The lowest BCUT2D eigenvalue weighted by molar-refractivity contribution is -0.113. The van der Waals surface area contributed by atoms with Crippen molar-refractivity contribution in [2.45, 2.75) is 30.9 Å². The molecule has 7 nitrogen and oxygen atoms in total. The molecule has 0 saturated heterocycles. The Balaban J connectivity index is 1.39. The molecule has 0 aliphatic heterocycles. The van der Waals surface area contributed by atoms with Crippen molar-refractivity contribution in [3.63, 3.8) is 0 Å². The van der Waals surface area contributed by atoms with Crippen molar-refractivity contribution in [2.24, 2.45) is 0 Å². The zero-order valence-corrected chi connectivity index (χ0v) is 15.9. The minimum absolute atomic E-state index is 0.130. The number of thioether (sulfide) groups is 1. The van der Waals surface area contributed by atoms with E-state index in [2.05, 4.69) is 26.6 Å². The Morgan fingerprint density at radius 2 is 2.11 bits per heavy atom. The van der Waals surface area contributed by atoms with Crippen molar-refractivity contribution >= 4 is 34.0 Å². The molecule has 0 saturated carbocycles. The van der Waals surface area contributed by atoms with Gasteiger partial charge in [-0.15, -0.1) is 21.5 Å². The van der Waals surface area contributed by atoms with Gasteiger partial charge >= 0.3 is 0 Å². The first-order valence-corrected chi connectivity index (χ1v) is 10.3. The topological polar surface area (TPSA) is 105 Å². The molecule has 1 amide bonds. The van der Waals surface area contributed by atoms with Crippen LogP contribution in [-0.4, -0.2) is 26.8 Å². The standard InChI is InChI=1S/C18H15N5O2S2/c19-9-13-12-3-1-2-4-14(12)27-17(13)21-15(24)10-26-18-23-22-16(25-18)11-5-7-20-8-6-11/h5-8H,1-4,10H2,(H,21,24). The molecule has 27 heavy (non-hydrogen) atoms. The molecule has 3 aromatic heterocycles. The van der Waals surface area contributed by atoms with Crippen molar-refractivity contribution in [2.75, 3.05) is 11.1 Å². The highest BCUT2D eigenvalue weighted by Gasteiger charge is 2.22. The third-order valence-corrected chi connectivity index (χ3v) is 6.22. The number of fused-ring (bicyclic) bond motifs is 1. The first-order valence-electron chi connectivity index (χ1n) is 8.46. The van der Waals surface area contributed by atoms with Gasteiger partial charge in [0.25, 0.3) is 5.22 Å². The van der Waals surface area contributed by atoms with Crippen molar-refractivity contribution in [1.29, 1.82) is 5.26 Å². The van der Waals surface area contributed by atoms with E-state index in [9.17, 15) is 10.1 Å². The molecule has 1 N–H and O–H groups in total. The van der Waals surface area contributed by atoms with Crippen LogP contribution in [0.15, 0.2) is 34.2 Å². The quantitative estimate of drug-likeness (QED) is 0.655. The molecular weight excluding hydrogens is 382 g/mol. The summed E-state index contributed by atoms with van der Waals surface area (Å²) < 4.78 is 5.56. The highest BCUT2D eigenvalue weighted by atomic mass is 32.2. The number of carbonyl (C=O) groups excluding carboxylic acids is 1. The van der Waals surface area contributed by atoms with E-state index in [1.54, 1.807) is 24.5 Å². The molecule has 0 radical (unpaired) electrons. The number of anilines is 1. The van der Waals surface area contributed by atoms with E-state index < -0.39 is 0 Å². The number of thiophene rings is 1. The van der Waals surface area contributed by atoms with Gasteiger partial charge in [0.2, 0.25) is 11.8 Å². The Morgan fingerprint density at radius 1 is 1.30 bits per heavy atom. The monoisotopic (exact) mass is 397 g/mol. The average Bonchev–Trinajstić information content (AvgIpc) is 3.31. The predicted octanol–water partition coefficient (Wildman–Crippen LogP) is 3.67. The molecule has 0 spiro atoms. The second-order valence-corrected chi connectivity index (χ2v) is 8.00. The summed E-state index contributed by atoms with van der Waals surface area (Å²) >= 11 is 2.68. The normalized spacial score (nSPS) is 13.0. The van der Waals surface area contributed by atoms with Crippen LogP contribution in [0.4, 0.5) is 5.00 Å². The Hall–Kier alpha value is -2.70. The molecule has 0 atom stereocenters. The highest BCUT2D eigenvalue weighted by Crippen LogP contribution is 2.37. The number of hydrogen-bond acceptors (Lipinski definition) is 8. The van der Waals surface area contributed by atoms with Crippen molar-refractivity contribution in [1.82, 2.24) is 15.2 Å². The summed E-state index contributed by atoms with van der Waals surface area (Å²) in [5, 5.41) is 21.2. The number of amides is 1. The van der Waals surface area contributed by atoms with Crippen molar-refractivity contribution in [3.05, 3.63) is 40.5 Å². The summed E-state index contributed by atoms with van der Waals surface area (Å²) in [4.78, 5) is 17.5. The van der Waals surface area contributed by atoms with Gasteiger partial charge < -0.3 is 9.73 Å². The lowest BCUT2D eigenvalue weighted by Crippen LogP contribution is -2.14. The number of carbonyl (C=O) groups is 1. The van der Waals surface area contributed by atoms with Crippen LogP contribution < -0.4 is 5.32 Å². The Morgan fingerprint density at radius 3 is 2.93 bits per heavy atom. The fourth-order valence-electron chi connectivity index (χ4n) is 2.94. The smallest absolute Gasteiger partial charge is 0.277 e. The third kappa shape index (κ3) is 3.86. The van der Waals surface area contributed by atoms with Crippen LogP contribution in [0.3, 0.4) is 0 Å². The molecule has 1 aliphatic rings. The summed E-state index contributed by atoms with van der Waals surface area (Å²) in [5.41, 5.74) is 2.50. The fourth-order valence-corrected chi connectivity index (χ4v) is 4.76. The molecule has 3 heterocycles. The number of nitriles is 1. The van der Waals surface area contributed by atoms with Crippen LogP contribution in [0.5, 0.6) is 0 Å². The largest absolute Gasteiger partial charge is 0.411 e. The zero-order valence-electron chi connectivity index (χ0n) is 14.3. The van der Waals surface area contributed by atoms with E-state index in [-0.39, 0.29) is 11.7 Å². The average molecular weight is 397 g/mol. The lowest BCUT2D eigenvalue weighted by Gasteiger charge is -2.09. The van der Waals surface area contributed by atoms with Crippen molar-refractivity contribution in [3.8, 4) is 17.5 Å². The van der Waals surface area contributed by atoms with Gasteiger partial charge in [-0.3, -0.25) is 9.78 Å². The molecular formula is C18H15N5O2S2. The summed E-state index contributed by atoms with van der Waals surface area (Å²) in [6, 6.07) is 5.80. The van der Waals surface area contributed by atoms with E-state index in [0.29, 0.717) is 21.7 Å². The van der Waals surface area contributed by atoms with Crippen LogP contribution in [0.25, 0.3) is 11.5 Å². The lowest BCUT2D eigenvalue weighted by atomic mass is 9.96. The molecule has 4 rings (SSSR count). The van der Waals surface area contributed by atoms with Crippen LogP contribution in [0.1, 0.15) is 28.8 Å². The van der Waals surface area contributed by atoms with Crippen LogP contribution >= 0.6 is 23.1 Å². The molecule has 9 heteroatoms. The molecule has 0 unspecified atom stereocenters. The van der Waals surface area contributed by atoms with Gasteiger partial charge in [0.05, 0.1) is 11.3 Å². The van der Waals surface area contributed by atoms with Gasteiger partial charge in [-0.2, -0.15) is 5.26 Å². The maximum Gasteiger partial charge on any atom is 0.277 e. The first-order chi connectivity index (χ1) is 13.2. The van der Waals surface area contributed by atoms with E-state index >= 15 is 0 Å². The number of hydrogen-bond donors (Lipinski definition) is 1. The zero-order chi connectivity index (χ0) is 18.6. The number of pyridine rings is 1. The van der Waals surface area contributed by atoms with E-state index in [4.69, 9.17) is 4.42 Å². The predicted molar refractivity (Wildman–Crippen MR) is 103 cm³/mol. The summed E-state index contributed by atoms with van der Waals surface area (Å²) in [6.45, 7) is 0. The minimum Gasteiger partial charge on any atom is -0.411 e. The Labute approximate surface area is 163 Å². The minimum atomic E-state index is -0.196. The number of rotatable bonds is 5. The molecule has 0 aromatic carbocycles. The third-order valence-electron chi connectivity index (χ3n) is 4.20. The fraction of sp³-hybridized carbons (Fsp3) is 0.278. The molecule has 0 fully saturated rings. The van der Waals surface area contributed by atoms with Gasteiger partial charge in [0.1, 0.15) is 11.1 Å². The number of aryl methyl sites for hydroxylation is 1. The highest BCUT2D eigenvalue weighted by molar-refractivity contribution is 7.99. The summed E-state index contributed by atoms with van der Waals surface area (Å²) in [6.07, 6.45) is 7.43. The summed E-state index contributed by atoms with van der Waals surface area (Å²) in [5.74, 6) is 0.322. The van der Waals surface area contributed by atoms with E-state index in [1.165, 1.54) is 28.0 Å². The maximum atomic E-state index is 12.3. The van der Waals surface area contributed by atoms with Gasteiger partial charge in [0, 0.05) is 22.8 Å². The molecule has 3 aromatic rings. The van der Waals surface area contributed by atoms with E-state index in [0.717, 1.165) is 36.8 Å². The number of aromatic nitrogens is 3. The number of nitrogens with zero attached hydrogens (tertiary/aromatic N) is 4. The Kier molecular flexibility index (Phi) is 5.18. The van der Waals surface area contributed by atoms with Crippen LogP contribution in [0, 0.1) is 11.3 Å². The maximum absolute atomic E-state index is 12.3. The molecule has 136 valence electrons. The van der Waals surface area contributed by atoms with E-state index in [1.807, 2.05) is 0 Å². The SMILES string of the molecule is N#Cc1c(NC(=O)CSc2nnc(-c3ccncc3)o2)sc2c1CCCC2.